The molecular formula is C84H119Cl2N13O18. The number of anilines is 5. The van der Waals surface area contributed by atoms with Crippen LogP contribution in [0, 0.1) is 32.1 Å². The van der Waals surface area contributed by atoms with E-state index in [4.69, 9.17) is 42.8 Å². The van der Waals surface area contributed by atoms with Gasteiger partial charge in [0.15, 0.2) is 17.4 Å². The summed E-state index contributed by atoms with van der Waals surface area (Å²) in [6.07, 6.45) is 12.4. The van der Waals surface area contributed by atoms with Crippen molar-refractivity contribution >= 4 is 116 Å². The number of ether oxygens (including phenoxy) is 5. The maximum absolute atomic E-state index is 12.4. The summed E-state index contributed by atoms with van der Waals surface area (Å²) in [6, 6.07) is 14.9. The first-order valence-electron chi connectivity index (χ1n) is 37.6. The van der Waals surface area contributed by atoms with Gasteiger partial charge in [0.1, 0.15) is 23.7 Å². The van der Waals surface area contributed by atoms with Crippen LogP contribution in [0.15, 0.2) is 91.7 Å². The molecule has 0 aliphatic carbocycles. The number of aliphatic hydroxyl groups excluding tert-OH is 1. The van der Waals surface area contributed by atoms with Crippen molar-refractivity contribution in [2.75, 3.05) is 72.5 Å². The highest BCUT2D eigenvalue weighted by molar-refractivity contribution is 6.31. The van der Waals surface area contributed by atoms with E-state index in [-0.39, 0.29) is 135 Å². The van der Waals surface area contributed by atoms with Crippen molar-refractivity contribution in [3.8, 4) is 0 Å². The number of amides is 1. The number of nitro groups is 2. The fourth-order valence-electron chi connectivity index (χ4n) is 13.1. The van der Waals surface area contributed by atoms with Crippen molar-refractivity contribution in [3.05, 3.63) is 167 Å². The Labute approximate surface area is 697 Å². The summed E-state index contributed by atoms with van der Waals surface area (Å²) in [5, 5.41) is 34.4. The average Bonchev–Trinajstić information content (AvgIpc) is 0.791. The molecule has 0 saturated heterocycles. The van der Waals surface area contributed by atoms with Crippen LogP contribution in [-0.4, -0.2) is 188 Å². The van der Waals surface area contributed by atoms with E-state index in [2.05, 4.69) is 115 Å². The summed E-state index contributed by atoms with van der Waals surface area (Å²) in [6.45, 7) is 36.2. The summed E-state index contributed by atoms with van der Waals surface area (Å²) in [5.41, 5.74) is 6.54. The van der Waals surface area contributed by atoms with Crippen LogP contribution in [-0.2, 0) is 73.7 Å². The number of hydrogen-bond acceptors (Lipinski definition) is 28. The number of hydrogen-bond donors (Lipinski definition) is 2. The summed E-state index contributed by atoms with van der Waals surface area (Å²) in [5.74, 6) is 1.07. The van der Waals surface area contributed by atoms with Crippen LogP contribution in [0.1, 0.15) is 212 Å². The predicted molar refractivity (Wildman–Crippen MR) is 455 cm³/mol. The van der Waals surface area contributed by atoms with Gasteiger partial charge in [-0.15, -0.1) is 0 Å². The minimum Gasteiger partial charge on any atom is -0.466 e. The van der Waals surface area contributed by atoms with Gasteiger partial charge in [-0.05, 0) is 168 Å². The van der Waals surface area contributed by atoms with E-state index in [1.54, 1.807) is 40.0 Å². The number of carbonyl (C=O) groups is 8. The Balaban J connectivity index is 0.000000486. The number of Topliss-reactive ketones (excluding diaryl/α,β-unsaturated/α-hetero) is 2. The third kappa shape index (κ3) is 28.0. The first-order chi connectivity index (χ1) is 53.8. The minimum absolute atomic E-state index is 0. The monoisotopic (exact) mass is 1670 g/mol. The number of esters is 5. The van der Waals surface area contributed by atoms with Gasteiger partial charge in [0.2, 0.25) is 16.9 Å². The second kappa shape index (κ2) is 48.2. The van der Waals surface area contributed by atoms with E-state index in [1.165, 1.54) is 49.8 Å². The number of nitrogens with zero attached hydrogens (tertiary/aromatic N) is 12. The largest absolute Gasteiger partial charge is 0.466 e. The van der Waals surface area contributed by atoms with Gasteiger partial charge in [0, 0.05) is 116 Å². The molecule has 5 aromatic heterocycles. The van der Waals surface area contributed by atoms with Crippen LogP contribution in [0.25, 0.3) is 5.57 Å². The first kappa shape index (κ1) is 102. The normalized spacial score (nSPS) is 15.6. The zero-order chi connectivity index (χ0) is 85.3. The quantitative estimate of drug-likeness (QED) is 0.0222. The molecule has 5 atom stereocenters. The molecule has 0 saturated carbocycles. The van der Waals surface area contributed by atoms with E-state index >= 15 is 0 Å². The van der Waals surface area contributed by atoms with Gasteiger partial charge < -0.3 is 53.7 Å². The molecule has 0 bridgehead atoms. The Hall–Kier alpha value is -10.6. The van der Waals surface area contributed by atoms with Crippen molar-refractivity contribution < 1.29 is 77.0 Å². The summed E-state index contributed by atoms with van der Waals surface area (Å²) >= 11 is 11.4. The fraction of sp³-hybridized carbons (Fsp3) is 0.512. The number of aromatic nitrogens is 5. The Morgan fingerprint density at radius 1 is 0.598 bits per heavy atom. The molecule has 642 valence electrons. The standard InChI is InChI=1S/C23H27ClN4O.C15H21N3O6.C14H18N2O3.C13H18N2O2.C9H18O2.C7H5ClN2O4.3CH4/c1-15(2)28-16(3)23(29)26-21-12-17(13-25-22(21)28)14-27-10-8-19(9-11-27)18-4-6-20(24)7-5-18;1-6-24-14(19)10(4)17(9(2)3)13-12(18(21)22)7-11(8-16-13)15(20)23-5;1-8(2)16-9(3)12(17)6-10-5-11(14(18)19-4)7-15-13(10)16;1-8(2)15-9(3)12(17)5-11-4-10(7-16)6-14-13(11)15;1-5-11-9(10)8(4)6-7(2)3;1-14-7(11)4-2-5(10(12)13)6(8)9-3-4;;;/h4-8,12-13,15-16H,9-11,14H2,1-3H3,(H,26,29);7-10H,6H2,1-5H3;5,7-9H,6H2,1-4H3;4,6,8-9,16H,5,7H2,1-3H3;7-8H,5-6H2,1-4H3;2-3H,1H3;3*1H4/t16-;10-;2*9-;8-;;;;/m00001..../s1. The summed E-state index contributed by atoms with van der Waals surface area (Å²) < 4.78 is 23.4. The molecule has 117 heavy (non-hydrogen) atoms. The van der Waals surface area contributed by atoms with E-state index in [0.717, 1.165) is 101 Å². The third-order valence-corrected chi connectivity index (χ3v) is 19.1. The summed E-state index contributed by atoms with van der Waals surface area (Å²) in [4.78, 5) is 145. The maximum Gasteiger partial charge on any atom is 0.339 e. The van der Waals surface area contributed by atoms with E-state index in [0.29, 0.717) is 30.9 Å². The number of rotatable bonds is 21. The van der Waals surface area contributed by atoms with E-state index in [1.807, 2.05) is 82.7 Å². The molecule has 1 amide bonds. The number of nitrogens with one attached hydrogen (secondary N) is 1. The molecule has 0 spiro atoms. The van der Waals surface area contributed by atoms with Gasteiger partial charge in [-0.2, -0.15) is 0 Å². The Kier molecular flexibility index (Phi) is 42.2. The number of aliphatic hydroxyl groups is 1. The van der Waals surface area contributed by atoms with E-state index < -0.39 is 45.5 Å². The molecule has 10 rings (SSSR count). The van der Waals surface area contributed by atoms with Crippen molar-refractivity contribution in [2.24, 2.45) is 11.8 Å². The zero-order valence-corrected chi connectivity index (χ0v) is 70.0. The molecular weight excluding hydrogens is 1550 g/mol. The Bertz CT molecular complexity index is 4410. The highest BCUT2D eigenvalue weighted by atomic mass is 35.5. The lowest BCUT2D eigenvalue weighted by molar-refractivity contribution is -0.385. The van der Waals surface area contributed by atoms with Gasteiger partial charge in [0.25, 0.3) is 0 Å². The second-order valence-electron chi connectivity index (χ2n) is 28.7. The van der Waals surface area contributed by atoms with Crippen LogP contribution in [0.3, 0.4) is 0 Å². The van der Waals surface area contributed by atoms with Crippen LogP contribution in [0.5, 0.6) is 0 Å². The number of pyridine rings is 5. The maximum atomic E-state index is 12.4. The van der Waals surface area contributed by atoms with Gasteiger partial charge in [-0.1, -0.05) is 84.5 Å². The van der Waals surface area contributed by atoms with Gasteiger partial charge in [0.05, 0.1) is 91.4 Å². The van der Waals surface area contributed by atoms with Crippen molar-refractivity contribution in [3.63, 3.8) is 0 Å². The molecule has 31 nitrogen and oxygen atoms in total. The zero-order valence-electron chi connectivity index (χ0n) is 68.5. The van der Waals surface area contributed by atoms with E-state index in [9.17, 15) is 58.6 Å². The molecule has 1 aromatic carbocycles. The van der Waals surface area contributed by atoms with Crippen molar-refractivity contribution in [2.45, 2.75) is 227 Å². The molecule has 2 N–H and O–H groups in total. The van der Waals surface area contributed by atoms with Crippen molar-refractivity contribution in [1.29, 1.82) is 0 Å². The second-order valence-corrected chi connectivity index (χ2v) is 29.5. The molecule has 0 radical (unpaired) electrons. The fourth-order valence-corrected chi connectivity index (χ4v) is 13.4. The molecule has 6 aromatic rings. The summed E-state index contributed by atoms with van der Waals surface area (Å²) in [7, 11) is 3.67. The lowest BCUT2D eigenvalue weighted by Crippen LogP contribution is -2.50. The lowest BCUT2D eigenvalue weighted by atomic mass is 9.96. The molecule has 4 aliphatic heterocycles. The topological polar surface area (TPSA) is 382 Å². The van der Waals surface area contributed by atoms with Crippen molar-refractivity contribution in [1.82, 2.24) is 29.8 Å². The molecule has 4 aliphatic rings. The molecule has 33 heteroatoms. The van der Waals surface area contributed by atoms with Crippen LogP contribution in [0.2, 0.25) is 10.2 Å². The molecule has 9 heterocycles. The van der Waals surface area contributed by atoms with Gasteiger partial charge in [-0.25, -0.2) is 44.1 Å². The number of fused-ring (bicyclic) bond motifs is 3. The number of carbonyl (C=O) groups excluding carboxylic acids is 8. The number of methoxy groups -OCH3 is 3. The minimum atomic E-state index is -0.778. The van der Waals surface area contributed by atoms with Crippen LogP contribution < -0.4 is 24.9 Å². The molecule has 0 unspecified atom stereocenters. The SMILES string of the molecule is C.C.C.CC(C)N1c2ncc(CN3CC=C(c4ccc(Cl)cc4)CC3)cc2NC(=O)[C@@H]1C.CC(C)N1c2ncc(CO)cc2CC(=O)[C@@H]1C.CCOC(=O)[C@H](C)CC(C)C.CCOC(=O)[C@H](C)N(c1ncc(C(=O)OC)cc1[N+](=O)[O-])C(C)C.COC(=O)c1cnc(Cl)c([N+](=O)[O-])c1.COC(=O)c1cnc2c(c1)CC(=O)[C@H](C)N2C(C)C. The molecule has 0 fully saturated rings. The number of benzene rings is 1. The highest BCUT2D eigenvalue weighted by Gasteiger charge is 2.37. The Morgan fingerprint density at radius 2 is 1.05 bits per heavy atom. The lowest BCUT2D eigenvalue weighted by Gasteiger charge is -2.38. The Morgan fingerprint density at radius 3 is 1.51 bits per heavy atom. The highest BCUT2D eigenvalue weighted by Crippen LogP contribution is 2.36. The number of halogens is 2. The smallest absolute Gasteiger partial charge is 0.339 e. The van der Waals surface area contributed by atoms with Crippen LogP contribution >= 0.6 is 23.2 Å². The van der Waals surface area contributed by atoms with Gasteiger partial charge in [-0.3, -0.25) is 44.3 Å². The number of ketones is 2. The average molecular weight is 1670 g/mol. The van der Waals surface area contributed by atoms with Crippen LogP contribution in [0.4, 0.5) is 40.3 Å². The predicted octanol–water partition coefficient (Wildman–Crippen LogP) is 15.0. The van der Waals surface area contributed by atoms with Gasteiger partial charge >= 0.3 is 41.2 Å². The first-order valence-corrected chi connectivity index (χ1v) is 38.3. The third-order valence-electron chi connectivity index (χ3n) is 18.6.